The van der Waals surface area contributed by atoms with Crippen molar-refractivity contribution in [1.29, 1.82) is 0 Å². The Balaban J connectivity index is 0.000000774. The van der Waals surface area contributed by atoms with Gasteiger partial charge in [-0.25, -0.2) is 0 Å². The molecule has 0 bridgehead atoms. The van der Waals surface area contributed by atoms with Gasteiger partial charge in [0.1, 0.15) is 0 Å². The smallest absolute Gasteiger partial charge is 0.168 e. The van der Waals surface area contributed by atoms with Gasteiger partial charge in [0.15, 0.2) is 5.79 Å². The number of rotatable bonds is 2. The van der Waals surface area contributed by atoms with E-state index in [0.717, 1.165) is 32.5 Å². The first-order valence-corrected chi connectivity index (χ1v) is 8.84. The summed E-state index contributed by atoms with van der Waals surface area (Å²) in [6.07, 6.45) is 13.0. The highest BCUT2D eigenvalue weighted by Gasteiger charge is 2.45. The third-order valence-electron chi connectivity index (χ3n) is 5.29. The maximum absolute atomic E-state index is 5.85. The molecule has 0 N–H and O–H groups in total. The first kappa shape index (κ1) is 16.8. The summed E-state index contributed by atoms with van der Waals surface area (Å²) in [5.41, 5.74) is 3.56. The summed E-state index contributed by atoms with van der Waals surface area (Å²) < 4.78 is 11.7. The third-order valence-corrected chi connectivity index (χ3v) is 5.29. The fourth-order valence-electron chi connectivity index (χ4n) is 3.78. The summed E-state index contributed by atoms with van der Waals surface area (Å²) in [5, 5.41) is 0. The monoisotopic (exact) mass is 292 g/mol. The molecule has 0 unspecified atom stereocenters. The molecular weight excluding hydrogens is 260 g/mol. The van der Waals surface area contributed by atoms with Gasteiger partial charge < -0.3 is 9.47 Å². The van der Waals surface area contributed by atoms with Gasteiger partial charge in [0.2, 0.25) is 0 Å². The molecule has 0 radical (unpaired) electrons. The van der Waals surface area contributed by atoms with Gasteiger partial charge >= 0.3 is 0 Å². The summed E-state index contributed by atoms with van der Waals surface area (Å²) in [7, 11) is 0. The molecule has 21 heavy (non-hydrogen) atoms. The highest BCUT2D eigenvalue weighted by molar-refractivity contribution is 5.31. The van der Waals surface area contributed by atoms with Crippen LogP contribution in [0.25, 0.3) is 0 Å². The molecule has 2 heteroatoms. The summed E-state index contributed by atoms with van der Waals surface area (Å²) >= 11 is 0. The van der Waals surface area contributed by atoms with Crippen molar-refractivity contribution < 1.29 is 9.47 Å². The van der Waals surface area contributed by atoms with Crippen molar-refractivity contribution in [2.75, 3.05) is 13.2 Å². The third kappa shape index (κ3) is 3.60. The number of allylic oxidation sites excluding steroid dienone is 4. The molecule has 0 atom stereocenters. The van der Waals surface area contributed by atoms with Gasteiger partial charge in [0.25, 0.3) is 0 Å². The first-order chi connectivity index (χ1) is 10.2. The van der Waals surface area contributed by atoms with Gasteiger partial charge in [0.05, 0.1) is 13.2 Å². The van der Waals surface area contributed by atoms with Crippen LogP contribution in [0.3, 0.4) is 0 Å². The van der Waals surface area contributed by atoms with E-state index in [1.807, 2.05) is 13.8 Å². The predicted molar refractivity (Wildman–Crippen MR) is 88.2 cm³/mol. The molecule has 1 saturated carbocycles. The van der Waals surface area contributed by atoms with E-state index in [2.05, 4.69) is 26.0 Å². The summed E-state index contributed by atoms with van der Waals surface area (Å²) in [5.74, 6) is -0.224. The predicted octanol–water partition coefficient (Wildman–Crippen LogP) is 5.39. The summed E-state index contributed by atoms with van der Waals surface area (Å²) in [6, 6.07) is 0. The highest BCUT2D eigenvalue weighted by Crippen LogP contribution is 2.50. The zero-order valence-corrected chi connectivity index (χ0v) is 14.3. The number of hydrogen-bond donors (Lipinski definition) is 0. The second kappa shape index (κ2) is 7.11. The molecule has 0 aromatic rings. The lowest BCUT2D eigenvalue weighted by Gasteiger charge is -2.43. The Hall–Kier alpha value is -0.600. The van der Waals surface area contributed by atoms with E-state index in [0.29, 0.717) is 5.41 Å². The van der Waals surface area contributed by atoms with Gasteiger partial charge in [-0.3, -0.25) is 0 Å². The van der Waals surface area contributed by atoms with Crippen LogP contribution in [0.5, 0.6) is 0 Å². The standard InChI is InChI=1S/C17H26O2.C2H6/c1-3-14-5-4-6-15(13-14)16(2)7-9-17(10-8-16)18-11-12-19-17;1-2/h5,13H,3-4,6-12H2,1-2H3;1-2H3. The Morgan fingerprint density at radius 3 is 2.24 bits per heavy atom. The van der Waals surface area contributed by atoms with Crippen molar-refractivity contribution in [3.63, 3.8) is 0 Å². The maximum Gasteiger partial charge on any atom is 0.168 e. The van der Waals surface area contributed by atoms with Gasteiger partial charge in [-0.1, -0.05) is 51.0 Å². The number of hydrogen-bond acceptors (Lipinski definition) is 2. The molecule has 3 rings (SSSR count). The van der Waals surface area contributed by atoms with E-state index in [-0.39, 0.29) is 5.79 Å². The van der Waals surface area contributed by atoms with Crippen LogP contribution in [0, 0.1) is 5.41 Å². The average molecular weight is 292 g/mol. The van der Waals surface area contributed by atoms with Crippen molar-refractivity contribution in [3.05, 3.63) is 23.3 Å². The van der Waals surface area contributed by atoms with Crippen molar-refractivity contribution in [2.24, 2.45) is 5.41 Å². The highest BCUT2D eigenvalue weighted by atomic mass is 16.7. The Morgan fingerprint density at radius 1 is 1.05 bits per heavy atom. The minimum atomic E-state index is -0.224. The molecule has 0 aromatic carbocycles. The molecule has 1 heterocycles. The van der Waals surface area contributed by atoms with Crippen LogP contribution in [0.1, 0.15) is 72.6 Å². The fourth-order valence-corrected chi connectivity index (χ4v) is 3.78. The Bertz CT molecular complexity index is 390. The Kier molecular flexibility index (Phi) is 5.67. The number of ether oxygens (including phenoxy) is 2. The molecule has 3 aliphatic rings. The molecule has 2 fully saturated rings. The van der Waals surface area contributed by atoms with E-state index < -0.39 is 0 Å². The summed E-state index contributed by atoms with van der Waals surface area (Å²) in [4.78, 5) is 0. The SMILES string of the molecule is CC.CCC1=CCCC(C2(C)CCC3(CC2)OCCO3)=C1. The van der Waals surface area contributed by atoms with Gasteiger partial charge in [-0.15, -0.1) is 0 Å². The van der Waals surface area contributed by atoms with Crippen LogP contribution in [0.4, 0.5) is 0 Å². The molecule has 0 aromatic heterocycles. The van der Waals surface area contributed by atoms with E-state index in [4.69, 9.17) is 9.47 Å². The van der Waals surface area contributed by atoms with Crippen LogP contribution >= 0.6 is 0 Å². The van der Waals surface area contributed by atoms with Gasteiger partial charge in [-0.2, -0.15) is 0 Å². The van der Waals surface area contributed by atoms with E-state index >= 15 is 0 Å². The largest absolute Gasteiger partial charge is 0.348 e. The van der Waals surface area contributed by atoms with Crippen LogP contribution < -0.4 is 0 Å². The van der Waals surface area contributed by atoms with Crippen LogP contribution in [-0.4, -0.2) is 19.0 Å². The van der Waals surface area contributed by atoms with Crippen molar-refractivity contribution in [3.8, 4) is 0 Å². The normalized spacial score (nSPS) is 26.7. The molecule has 2 aliphatic carbocycles. The van der Waals surface area contributed by atoms with E-state index in [1.54, 1.807) is 5.57 Å². The van der Waals surface area contributed by atoms with Crippen LogP contribution in [0.15, 0.2) is 23.3 Å². The van der Waals surface area contributed by atoms with Crippen LogP contribution in [-0.2, 0) is 9.47 Å². The molecule has 120 valence electrons. The Labute approximate surface area is 130 Å². The van der Waals surface area contributed by atoms with E-state index in [1.165, 1.54) is 31.3 Å². The second-order valence-corrected chi connectivity index (χ2v) is 6.51. The molecule has 1 spiro atoms. The van der Waals surface area contributed by atoms with E-state index in [9.17, 15) is 0 Å². The lowest BCUT2D eigenvalue weighted by atomic mass is 9.66. The summed E-state index contributed by atoms with van der Waals surface area (Å²) in [6.45, 7) is 10.3. The molecule has 1 aliphatic heterocycles. The molecule has 2 nitrogen and oxygen atoms in total. The van der Waals surface area contributed by atoms with Crippen molar-refractivity contribution >= 4 is 0 Å². The zero-order valence-electron chi connectivity index (χ0n) is 14.3. The molecule has 1 saturated heterocycles. The van der Waals surface area contributed by atoms with Crippen LogP contribution in [0.2, 0.25) is 0 Å². The minimum absolute atomic E-state index is 0.224. The van der Waals surface area contributed by atoms with Gasteiger partial charge in [0, 0.05) is 12.8 Å². The van der Waals surface area contributed by atoms with Crippen molar-refractivity contribution in [1.82, 2.24) is 0 Å². The zero-order chi connectivity index (χ0) is 15.3. The molecular formula is C19H32O2. The van der Waals surface area contributed by atoms with Crippen molar-refractivity contribution in [2.45, 2.75) is 78.4 Å². The quantitative estimate of drug-likeness (QED) is 0.679. The second-order valence-electron chi connectivity index (χ2n) is 6.51. The van der Waals surface area contributed by atoms with Gasteiger partial charge in [-0.05, 0) is 37.5 Å². The lowest BCUT2D eigenvalue weighted by Crippen LogP contribution is -2.39. The lowest BCUT2D eigenvalue weighted by molar-refractivity contribution is -0.187. The fraction of sp³-hybridized carbons (Fsp3) is 0.789. The minimum Gasteiger partial charge on any atom is -0.348 e. The first-order valence-electron chi connectivity index (χ1n) is 8.84. The molecule has 0 amide bonds. The topological polar surface area (TPSA) is 18.5 Å². The average Bonchev–Trinajstić information content (AvgIpc) is 3.01. The Morgan fingerprint density at radius 2 is 1.67 bits per heavy atom. The maximum atomic E-state index is 5.85.